The van der Waals surface area contributed by atoms with E-state index < -0.39 is 0 Å². The zero-order chi connectivity index (χ0) is 38.2. The summed E-state index contributed by atoms with van der Waals surface area (Å²) in [6, 6.07) is 65.5. The van der Waals surface area contributed by atoms with Crippen molar-refractivity contribution in [3.05, 3.63) is 188 Å². The van der Waals surface area contributed by atoms with Gasteiger partial charge in [0.15, 0.2) is 0 Å². The van der Waals surface area contributed by atoms with Crippen molar-refractivity contribution in [2.24, 2.45) is 0 Å². The van der Waals surface area contributed by atoms with E-state index in [4.69, 9.17) is 24.9 Å². The summed E-state index contributed by atoms with van der Waals surface area (Å²) in [5, 5.41) is 4.05. The number of nitrogens with zero attached hydrogens (tertiary/aromatic N) is 5. The molecule has 10 aromatic rings. The molecule has 8 bridgehead atoms. The Balaban J connectivity index is 0.00000397. The van der Waals surface area contributed by atoms with Gasteiger partial charge in [-0.1, -0.05) is 188 Å². The minimum atomic E-state index is 0. The second-order valence-corrected chi connectivity index (χ2v) is 14.7. The van der Waals surface area contributed by atoms with E-state index in [0.717, 1.165) is 111 Å². The summed E-state index contributed by atoms with van der Waals surface area (Å²) in [7, 11) is 0. The molecule has 0 radical (unpaired) electrons. The Kier molecular flexibility index (Phi) is 8.32. The molecule has 2 aliphatic heterocycles. The third kappa shape index (κ3) is 5.46. The topological polar surface area (TPSA) is 66.9 Å². The molecule has 5 heterocycles. The third-order valence-electron chi connectivity index (χ3n) is 11.4. The molecule has 0 amide bonds. The average Bonchev–Trinajstić information content (AvgIpc) is 4.05. The largest absolute Gasteiger partial charge is 2.00 e. The maximum Gasteiger partial charge on any atom is 2.00 e. The van der Waals surface area contributed by atoms with Gasteiger partial charge in [-0.2, -0.15) is 0 Å². The van der Waals surface area contributed by atoms with Gasteiger partial charge in [0, 0.05) is 27.8 Å². The fourth-order valence-corrected chi connectivity index (χ4v) is 8.86. The van der Waals surface area contributed by atoms with Crippen molar-refractivity contribution < 1.29 is 21.1 Å². The molecule has 2 aliphatic rings. The van der Waals surface area contributed by atoms with Crippen LogP contribution in [0.2, 0.25) is 0 Å². The van der Waals surface area contributed by atoms with Crippen LogP contribution < -0.4 is 9.97 Å². The first kappa shape index (κ1) is 35.0. The average molecular weight is 933 g/mol. The van der Waals surface area contributed by atoms with Crippen LogP contribution in [0.4, 0.5) is 0 Å². The molecule has 6 heteroatoms. The summed E-state index contributed by atoms with van der Waals surface area (Å²) >= 11 is 0. The Morgan fingerprint density at radius 3 is 1.10 bits per heavy atom. The van der Waals surface area contributed by atoms with E-state index in [0.29, 0.717) is 11.5 Å². The molecule has 7 aromatic carbocycles. The standard InChI is InChI=1S/C53H31N5.Pt/c1-4-18-32(19-5-1)43-46-35-24-10-12-26-37(35)48(54-46)44(33-20-6-2-7-21-33)50-39-28-14-16-30-41(39)52(56-50)58-53-42-31-17-15-29-40(42)51(57-53)45(34-22-8-3-9-23-34)49-38-27-13-11-25-36(38)47(43)55-49;/h1-31H;/q-2;+2. The summed E-state index contributed by atoms with van der Waals surface area (Å²) in [5.74, 6) is 0.619. The van der Waals surface area contributed by atoms with E-state index in [9.17, 15) is 0 Å². The van der Waals surface area contributed by atoms with E-state index >= 15 is 0 Å². The summed E-state index contributed by atoms with van der Waals surface area (Å²) in [6.45, 7) is 0. The Hall–Kier alpha value is -7.20. The maximum absolute atomic E-state index is 5.74. The van der Waals surface area contributed by atoms with Crippen LogP contribution >= 0.6 is 0 Å². The predicted octanol–water partition coefficient (Wildman–Crippen LogP) is 12.9. The van der Waals surface area contributed by atoms with Gasteiger partial charge in [-0.25, -0.2) is 4.98 Å². The van der Waals surface area contributed by atoms with Crippen molar-refractivity contribution in [2.75, 3.05) is 0 Å². The van der Waals surface area contributed by atoms with E-state index in [-0.39, 0.29) is 21.1 Å². The van der Waals surface area contributed by atoms with Crippen molar-refractivity contribution >= 4 is 43.7 Å². The van der Waals surface area contributed by atoms with Gasteiger partial charge in [0.1, 0.15) is 0 Å². The first-order chi connectivity index (χ1) is 28.8. The molecule has 0 saturated carbocycles. The minimum Gasteiger partial charge on any atom is -0.656 e. The van der Waals surface area contributed by atoms with Crippen LogP contribution in [-0.2, 0) is 21.1 Å². The van der Waals surface area contributed by atoms with Gasteiger partial charge in [0.2, 0.25) is 0 Å². The number of rotatable bonds is 3. The molecule has 0 spiro atoms. The van der Waals surface area contributed by atoms with Gasteiger partial charge >= 0.3 is 21.1 Å². The fraction of sp³-hybridized carbons (Fsp3) is 0. The monoisotopic (exact) mass is 932 g/mol. The molecular weight excluding hydrogens is 902 g/mol. The van der Waals surface area contributed by atoms with Crippen LogP contribution in [0, 0.1) is 0 Å². The number of hydrogen-bond donors (Lipinski definition) is 0. The van der Waals surface area contributed by atoms with Crippen molar-refractivity contribution in [1.82, 2.24) is 24.9 Å². The third-order valence-corrected chi connectivity index (χ3v) is 11.4. The molecule has 3 aromatic heterocycles. The van der Waals surface area contributed by atoms with Crippen molar-refractivity contribution in [3.8, 4) is 78.5 Å². The Bertz CT molecular complexity index is 3410. The molecule has 0 N–H and O–H groups in total. The van der Waals surface area contributed by atoms with Gasteiger partial charge in [-0.15, -0.1) is 11.0 Å². The molecule has 0 fully saturated rings. The van der Waals surface area contributed by atoms with Crippen LogP contribution in [0.15, 0.2) is 188 Å². The van der Waals surface area contributed by atoms with Crippen molar-refractivity contribution in [3.63, 3.8) is 0 Å². The van der Waals surface area contributed by atoms with Crippen LogP contribution in [0.3, 0.4) is 0 Å². The summed E-state index contributed by atoms with van der Waals surface area (Å²) < 4.78 is 0. The fourth-order valence-electron chi connectivity index (χ4n) is 8.86. The summed E-state index contributed by atoms with van der Waals surface area (Å²) in [6.07, 6.45) is 0. The van der Waals surface area contributed by atoms with Crippen LogP contribution in [0.25, 0.3) is 122 Å². The zero-order valence-corrected chi connectivity index (χ0v) is 33.7. The van der Waals surface area contributed by atoms with E-state index in [2.05, 4.69) is 176 Å². The number of hydrogen-bond acceptors (Lipinski definition) is 3. The van der Waals surface area contributed by atoms with Crippen LogP contribution in [0.5, 0.6) is 0 Å². The molecule has 0 unspecified atom stereocenters. The number of benzene rings is 7. The molecule has 5 nitrogen and oxygen atoms in total. The van der Waals surface area contributed by atoms with E-state index in [1.165, 1.54) is 0 Å². The Labute approximate surface area is 354 Å². The minimum absolute atomic E-state index is 0. The maximum atomic E-state index is 5.74. The van der Waals surface area contributed by atoms with Crippen LogP contribution in [0.1, 0.15) is 0 Å². The normalized spacial score (nSPS) is 11.6. The first-order valence-corrected chi connectivity index (χ1v) is 19.5. The Morgan fingerprint density at radius 2 is 0.627 bits per heavy atom. The van der Waals surface area contributed by atoms with Gasteiger partial charge in [0.05, 0.1) is 22.9 Å². The van der Waals surface area contributed by atoms with Crippen molar-refractivity contribution in [2.45, 2.75) is 0 Å². The van der Waals surface area contributed by atoms with E-state index in [1.54, 1.807) is 0 Å². The molecule has 0 saturated heterocycles. The van der Waals surface area contributed by atoms with Gasteiger partial charge < -0.3 is 15.0 Å². The molecule has 278 valence electrons. The second-order valence-electron chi connectivity index (χ2n) is 14.7. The summed E-state index contributed by atoms with van der Waals surface area (Å²) in [4.78, 5) is 27.8. The zero-order valence-electron chi connectivity index (χ0n) is 31.5. The number of aromatic nitrogens is 5. The quantitative estimate of drug-likeness (QED) is 0.177. The predicted molar refractivity (Wildman–Crippen MR) is 237 cm³/mol. The summed E-state index contributed by atoms with van der Waals surface area (Å²) in [5.41, 5.74) is 15.7. The molecule has 0 atom stereocenters. The van der Waals surface area contributed by atoms with Crippen molar-refractivity contribution in [1.29, 1.82) is 0 Å². The number of fused-ring (bicyclic) bond motifs is 20. The molecule has 59 heavy (non-hydrogen) atoms. The molecule has 0 aliphatic carbocycles. The smallest absolute Gasteiger partial charge is 0.656 e. The van der Waals surface area contributed by atoms with E-state index in [1.807, 2.05) is 12.1 Å². The van der Waals surface area contributed by atoms with Crippen LogP contribution in [-0.4, -0.2) is 15.0 Å². The second kappa shape index (κ2) is 14.0. The van der Waals surface area contributed by atoms with Gasteiger partial charge in [-0.05, 0) is 60.5 Å². The molecular formula is C53H31N5Pt. The van der Waals surface area contributed by atoms with Gasteiger partial charge in [-0.3, -0.25) is 4.98 Å². The van der Waals surface area contributed by atoms with Gasteiger partial charge in [0.25, 0.3) is 0 Å². The molecule has 12 rings (SSSR count). The Morgan fingerprint density at radius 1 is 0.288 bits per heavy atom. The SMILES string of the molecule is [Pt+2].c1ccc(-c2c3nc(c(-c4ccccc4)c4[n-]c(c(-c5ccccc5)c5nc(nc6[n-]c2c2ccccc62)-c2ccccc2-5)c2ccccc42)-c2ccccc2-3)cc1. The first-order valence-electron chi connectivity index (χ1n) is 19.5.